The van der Waals surface area contributed by atoms with Gasteiger partial charge < -0.3 is 20.1 Å². The summed E-state index contributed by atoms with van der Waals surface area (Å²) < 4.78 is 2.01. The highest BCUT2D eigenvalue weighted by Crippen LogP contribution is 2.23. The first-order valence-corrected chi connectivity index (χ1v) is 8.25. The van der Waals surface area contributed by atoms with Crippen LogP contribution in [0.3, 0.4) is 0 Å². The van der Waals surface area contributed by atoms with Gasteiger partial charge >= 0.3 is 6.03 Å². The Kier molecular flexibility index (Phi) is 4.81. The lowest BCUT2D eigenvalue weighted by Gasteiger charge is -2.25. The number of nitrogens with one attached hydrogen (secondary N) is 2. The average Bonchev–Trinajstić information content (AvgIpc) is 2.96. The van der Waals surface area contributed by atoms with Crippen LogP contribution in [0.1, 0.15) is 37.1 Å². The second-order valence-corrected chi connectivity index (χ2v) is 6.38. The van der Waals surface area contributed by atoms with Crippen LogP contribution in [0, 0.1) is 12.8 Å². The number of fused-ring (bicyclic) bond motifs is 1. The second kappa shape index (κ2) is 7.00. The molecular formula is C17H24N4O2. The van der Waals surface area contributed by atoms with Crippen LogP contribution in [0.15, 0.2) is 24.4 Å². The zero-order valence-corrected chi connectivity index (χ0v) is 13.5. The summed E-state index contributed by atoms with van der Waals surface area (Å²) in [5, 5.41) is 15.4. The number of carbonyl (C=O) groups is 1. The number of imidazole rings is 1. The number of amides is 2. The molecule has 2 heterocycles. The third-order valence-corrected chi connectivity index (χ3v) is 4.48. The first kappa shape index (κ1) is 15.8. The predicted molar refractivity (Wildman–Crippen MR) is 88.1 cm³/mol. The fourth-order valence-corrected chi connectivity index (χ4v) is 3.20. The van der Waals surface area contributed by atoms with Crippen molar-refractivity contribution in [3.63, 3.8) is 0 Å². The number of carbonyl (C=O) groups excluding carboxylic acids is 1. The van der Waals surface area contributed by atoms with Crippen LogP contribution in [0.4, 0.5) is 4.79 Å². The molecule has 0 aliphatic heterocycles. The molecule has 1 aliphatic carbocycles. The van der Waals surface area contributed by atoms with Crippen LogP contribution >= 0.6 is 0 Å². The molecule has 3 N–H and O–H groups in total. The Morgan fingerprint density at radius 2 is 2.26 bits per heavy atom. The minimum Gasteiger partial charge on any atom is -0.393 e. The number of rotatable bonds is 4. The first-order valence-electron chi connectivity index (χ1n) is 8.25. The minimum absolute atomic E-state index is 0.182. The highest BCUT2D eigenvalue weighted by molar-refractivity contribution is 5.73. The van der Waals surface area contributed by atoms with Crippen LogP contribution < -0.4 is 10.6 Å². The van der Waals surface area contributed by atoms with Crippen molar-refractivity contribution < 1.29 is 9.90 Å². The van der Waals surface area contributed by atoms with E-state index < -0.39 is 0 Å². The van der Waals surface area contributed by atoms with Crippen molar-refractivity contribution >= 4 is 11.7 Å². The van der Waals surface area contributed by atoms with Gasteiger partial charge in [-0.1, -0.05) is 12.5 Å². The van der Waals surface area contributed by atoms with E-state index >= 15 is 0 Å². The molecule has 1 saturated carbocycles. The number of aliphatic hydroxyl groups excluding tert-OH is 1. The van der Waals surface area contributed by atoms with E-state index in [0.717, 1.165) is 42.7 Å². The number of hydrogen-bond acceptors (Lipinski definition) is 3. The molecule has 0 aromatic carbocycles. The van der Waals surface area contributed by atoms with E-state index in [-0.39, 0.29) is 12.1 Å². The lowest BCUT2D eigenvalue weighted by Crippen LogP contribution is -2.39. The molecule has 6 heteroatoms. The molecule has 0 saturated heterocycles. The molecule has 3 rings (SSSR count). The average molecular weight is 316 g/mol. The maximum atomic E-state index is 11.9. The number of nitrogens with zero attached hydrogens (tertiary/aromatic N) is 2. The number of urea groups is 1. The molecule has 0 bridgehead atoms. The van der Waals surface area contributed by atoms with Gasteiger partial charge in [0.2, 0.25) is 0 Å². The number of aliphatic hydroxyl groups is 1. The smallest absolute Gasteiger partial charge is 0.315 e. The van der Waals surface area contributed by atoms with Crippen molar-refractivity contribution in [1.82, 2.24) is 20.0 Å². The molecule has 124 valence electrons. The van der Waals surface area contributed by atoms with Gasteiger partial charge in [0.15, 0.2) is 0 Å². The summed E-state index contributed by atoms with van der Waals surface area (Å²) in [6.07, 6.45) is 5.52. The van der Waals surface area contributed by atoms with Crippen molar-refractivity contribution in [3.8, 4) is 0 Å². The second-order valence-electron chi connectivity index (χ2n) is 6.38. The zero-order valence-electron chi connectivity index (χ0n) is 13.5. The number of aryl methyl sites for hydroxylation is 1. The van der Waals surface area contributed by atoms with E-state index in [4.69, 9.17) is 0 Å². The highest BCUT2D eigenvalue weighted by atomic mass is 16.3. The van der Waals surface area contributed by atoms with Crippen molar-refractivity contribution in [2.45, 2.75) is 45.3 Å². The topological polar surface area (TPSA) is 78.7 Å². The van der Waals surface area contributed by atoms with Gasteiger partial charge in [-0.2, -0.15) is 0 Å². The molecule has 23 heavy (non-hydrogen) atoms. The minimum atomic E-state index is -0.208. The van der Waals surface area contributed by atoms with Gasteiger partial charge in [-0.25, -0.2) is 9.78 Å². The van der Waals surface area contributed by atoms with Crippen molar-refractivity contribution in [1.29, 1.82) is 0 Å². The third-order valence-electron chi connectivity index (χ3n) is 4.48. The lowest BCUT2D eigenvalue weighted by atomic mass is 9.87. The van der Waals surface area contributed by atoms with Crippen LogP contribution in [0.5, 0.6) is 0 Å². The van der Waals surface area contributed by atoms with Gasteiger partial charge in [0.1, 0.15) is 5.65 Å². The molecule has 1 aliphatic rings. The summed E-state index contributed by atoms with van der Waals surface area (Å²) in [4.78, 5) is 16.4. The summed E-state index contributed by atoms with van der Waals surface area (Å²) in [5.74, 6) is 0.377. The highest BCUT2D eigenvalue weighted by Gasteiger charge is 2.20. The zero-order chi connectivity index (χ0) is 16.2. The first-order chi connectivity index (χ1) is 11.1. The third kappa shape index (κ3) is 4.01. The molecular weight excluding hydrogens is 292 g/mol. The Hall–Kier alpha value is -2.08. The van der Waals surface area contributed by atoms with E-state index in [1.165, 1.54) is 0 Å². The van der Waals surface area contributed by atoms with Crippen LogP contribution in [0.25, 0.3) is 5.65 Å². The molecule has 2 aromatic heterocycles. The number of hydrogen-bond donors (Lipinski definition) is 3. The summed E-state index contributed by atoms with van der Waals surface area (Å²) in [6.45, 7) is 3.05. The van der Waals surface area contributed by atoms with Gasteiger partial charge in [-0.3, -0.25) is 0 Å². The predicted octanol–water partition coefficient (Wildman–Crippen LogP) is 1.99. The van der Waals surface area contributed by atoms with Crippen LogP contribution in [-0.2, 0) is 6.54 Å². The molecule has 2 unspecified atom stereocenters. The Morgan fingerprint density at radius 3 is 3.04 bits per heavy atom. The van der Waals surface area contributed by atoms with E-state index in [0.29, 0.717) is 19.0 Å². The Balaban J connectivity index is 1.47. The van der Waals surface area contributed by atoms with Gasteiger partial charge in [-0.05, 0) is 44.2 Å². The summed E-state index contributed by atoms with van der Waals surface area (Å²) in [6, 6.07) is 5.77. The molecule has 0 spiro atoms. The number of pyridine rings is 1. The molecule has 2 amide bonds. The normalized spacial score (nSPS) is 21.3. The maximum Gasteiger partial charge on any atom is 0.315 e. The molecule has 2 aromatic rings. The van der Waals surface area contributed by atoms with Crippen molar-refractivity contribution in [2.24, 2.45) is 5.92 Å². The standard InChI is InChI=1S/C17H24N4O2/c1-12-4-2-7-16-20-14(11-21(12)16)10-19-17(23)18-9-13-5-3-6-15(22)8-13/h2,4,7,11,13,15,22H,3,5-6,8-10H2,1H3,(H2,18,19,23). The van der Waals surface area contributed by atoms with Gasteiger partial charge in [-0.15, -0.1) is 0 Å². The summed E-state index contributed by atoms with van der Waals surface area (Å²) in [7, 11) is 0. The lowest BCUT2D eigenvalue weighted by molar-refractivity contribution is 0.101. The van der Waals surface area contributed by atoms with E-state index in [1.54, 1.807) is 0 Å². The summed E-state index contributed by atoms with van der Waals surface area (Å²) in [5.41, 5.74) is 2.84. The van der Waals surface area contributed by atoms with Gasteiger partial charge in [0.05, 0.1) is 18.3 Å². The van der Waals surface area contributed by atoms with Gasteiger partial charge in [0, 0.05) is 18.4 Å². The van der Waals surface area contributed by atoms with E-state index in [9.17, 15) is 9.90 Å². The summed E-state index contributed by atoms with van der Waals surface area (Å²) >= 11 is 0. The Labute approximate surface area is 135 Å². The van der Waals surface area contributed by atoms with Crippen LogP contribution in [0.2, 0.25) is 0 Å². The Morgan fingerprint density at radius 1 is 1.39 bits per heavy atom. The maximum absolute atomic E-state index is 11.9. The van der Waals surface area contributed by atoms with E-state index in [2.05, 4.69) is 15.6 Å². The Bertz CT molecular complexity index is 682. The quantitative estimate of drug-likeness (QED) is 0.807. The largest absolute Gasteiger partial charge is 0.393 e. The molecule has 1 fully saturated rings. The van der Waals surface area contributed by atoms with Crippen LogP contribution in [-0.4, -0.2) is 33.2 Å². The molecule has 2 atom stereocenters. The van der Waals surface area contributed by atoms with E-state index in [1.807, 2.05) is 35.7 Å². The molecule has 0 radical (unpaired) electrons. The fourth-order valence-electron chi connectivity index (χ4n) is 3.20. The fraction of sp³-hybridized carbons (Fsp3) is 0.529. The van der Waals surface area contributed by atoms with Gasteiger partial charge in [0.25, 0.3) is 0 Å². The SMILES string of the molecule is Cc1cccc2nc(CNC(=O)NCC3CCCC(O)C3)cn12. The van der Waals surface area contributed by atoms with Crippen molar-refractivity contribution in [2.75, 3.05) is 6.54 Å². The molecule has 6 nitrogen and oxygen atoms in total. The number of aromatic nitrogens is 2. The van der Waals surface area contributed by atoms with Crippen molar-refractivity contribution in [3.05, 3.63) is 35.8 Å². The monoisotopic (exact) mass is 316 g/mol.